The predicted octanol–water partition coefficient (Wildman–Crippen LogP) is 3.80. The van der Waals surface area contributed by atoms with Crippen molar-refractivity contribution in [1.82, 2.24) is 10.1 Å². The fraction of sp³-hybridized carbons (Fsp3) is 0.429. The number of hydrogen-bond acceptors (Lipinski definition) is 5. The summed E-state index contributed by atoms with van der Waals surface area (Å²) in [7, 11) is 0. The van der Waals surface area contributed by atoms with Crippen LogP contribution in [0, 0.1) is 0 Å². The molecule has 0 spiro atoms. The molecule has 1 aromatic heterocycles. The zero-order valence-electron chi connectivity index (χ0n) is 11.9. The van der Waals surface area contributed by atoms with Crippen molar-refractivity contribution in [3.05, 3.63) is 38.4 Å². The second-order valence-electron chi connectivity index (χ2n) is 4.92. The topological polar surface area (TPSA) is 74.2 Å². The van der Waals surface area contributed by atoms with Gasteiger partial charge in [0.25, 0.3) is 5.89 Å². The van der Waals surface area contributed by atoms with Crippen molar-refractivity contribution in [2.45, 2.75) is 32.8 Å². The molecule has 0 radical (unpaired) electrons. The maximum atomic E-state index is 5.76. The second kappa shape index (κ2) is 7.38. The summed E-state index contributed by atoms with van der Waals surface area (Å²) in [5.41, 5.74) is 6.71. The van der Waals surface area contributed by atoms with Crippen molar-refractivity contribution in [3.8, 4) is 5.75 Å². The van der Waals surface area contributed by atoms with Gasteiger partial charge < -0.3 is 15.0 Å². The molecule has 0 saturated heterocycles. The quantitative estimate of drug-likeness (QED) is 0.772. The molecular formula is C14H17Br2N3O2. The van der Waals surface area contributed by atoms with E-state index in [-0.39, 0.29) is 12.5 Å². The van der Waals surface area contributed by atoms with Crippen LogP contribution in [0.4, 0.5) is 0 Å². The molecule has 0 saturated carbocycles. The van der Waals surface area contributed by atoms with Crippen LogP contribution < -0.4 is 10.5 Å². The average Bonchev–Trinajstić information content (AvgIpc) is 2.87. The standard InChI is InChI=1S/C14H17Br2N3O2/c1-8(2)14-18-12(21-19-14)7-20-13-10(15)5-9(3-4-17)6-11(13)16/h5-6,8H,3-4,7,17H2,1-2H3. The second-order valence-corrected chi connectivity index (χ2v) is 6.63. The molecule has 0 aliphatic heterocycles. The van der Waals surface area contributed by atoms with E-state index in [0.717, 1.165) is 20.9 Å². The first-order chi connectivity index (χ1) is 10.0. The van der Waals surface area contributed by atoms with E-state index >= 15 is 0 Å². The van der Waals surface area contributed by atoms with Gasteiger partial charge in [-0.25, -0.2) is 0 Å². The van der Waals surface area contributed by atoms with Crippen molar-refractivity contribution in [1.29, 1.82) is 0 Å². The Morgan fingerprint density at radius 1 is 1.29 bits per heavy atom. The van der Waals surface area contributed by atoms with Gasteiger partial charge in [0.15, 0.2) is 12.4 Å². The van der Waals surface area contributed by atoms with Gasteiger partial charge in [0.1, 0.15) is 5.75 Å². The van der Waals surface area contributed by atoms with E-state index < -0.39 is 0 Å². The SMILES string of the molecule is CC(C)c1noc(COc2c(Br)cc(CCN)cc2Br)n1. The molecule has 0 amide bonds. The van der Waals surface area contributed by atoms with Crippen LogP contribution in [0.3, 0.4) is 0 Å². The van der Waals surface area contributed by atoms with Crippen LogP contribution in [0.5, 0.6) is 5.75 Å². The smallest absolute Gasteiger partial charge is 0.264 e. The van der Waals surface area contributed by atoms with Crippen molar-refractivity contribution in [2.75, 3.05) is 6.54 Å². The van der Waals surface area contributed by atoms with E-state index in [2.05, 4.69) is 42.0 Å². The third-order valence-corrected chi connectivity index (χ3v) is 4.01. The molecule has 0 unspecified atom stereocenters. The van der Waals surface area contributed by atoms with Crippen LogP contribution in [-0.2, 0) is 13.0 Å². The lowest BCUT2D eigenvalue weighted by Gasteiger charge is -2.10. The van der Waals surface area contributed by atoms with Gasteiger partial charge in [0.2, 0.25) is 0 Å². The monoisotopic (exact) mass is 417 g/mol. The lowest BCUT2D eigenvalue weighted by molar-refractivity contribution is 0.240. The number of benzene rings is 1. The molecule has 0 aliphatic carbocycles. The van der Waals surface area contributed by atoms with E-state index in [1.165, 1.54) is 0 Å². The molecule has 0 atom stereocenters. The summed E-state index contributed by atoms with van der Waals surface area (Å²) in [6.07, 6.45) is 0.818. The van der Waals surface area contributed by atoms with Crippen LogP contribution in [-0.4, -0.2) is 16.7 Å². The molecule has 1 heterocycles. The van der Waals surface area contributed by atoms with Gasteiger partial charge in [-0.05, 0) is 62.5 Å². The van der Waals surface area contributed by atoms with E-state index in [0.29, 0.717) is 24.0 Å². The fourth-order valence-corrected chi connectivity index (χ4v) is 3.27. The molecule has 0 fully saturated rings. The molecule has 1 aromatic carbocycles. The summed E-state index contributed by atoms with van der Waals surface area (Å²) >= 11 is 7.01. The Labute approximate surface area is 140 Å². The summed E-state index contributed by atoms with van der Waals surface area (Å²) in [4.78, 5) is 4.28. The third-order valence-electron chi connectivity index (χ3n) is 2.83. The Morgan fingerprint density at radius 3 is 2.48 bits per heavy atom. The Kier molecular flexibility index (Phi) is 5.78. The molecule has 2 rings (SSSR count). The molecule has 5 nitrogen and oxygen atoms in total. The Morgan fingerprint density at radius 2 is 1.95 bits per heavy atom. The highest BCUT2D eigenvalue weighted by molar-refractivity contribution is 9.11. The Bertz CT molecular complexity index is 591. The zero-order valence-corrected chi connectivity index (χ0v) is 15.1. The molecule has 2 N–H and O–H groups in total. The molecule has 2 aromatic rings. The summed E-state index contributed by atoms with van der Waals surface area (Å²) in [5.74, 6) is 2.09. The minimum absolute atomic E-state index is 0.229. The number of hydrogen-bond donors (Lipinski definition) is 1. The third kappa shape index (κ3) is 4.28. The minimum atomic E-state index is 0.229. The lowest BCUT2D eigenvalue weighted by atomic mass is 10.1. The first-order valence-corrected chi connectivity index (χ1v) is 8.23. The minimum Gasteiger partial charge on any atom is -0.481 e. The average molecular weight is 419 g/mol. The van der Waals surface area contributed by atoms with E-state index in [9.17, 15) is 0 Å². The fourth-order valence-electron chi connectivity index (χ4n) is 1.76. The van der Waals surface area contributed by atoms with Gasteiger partial charge in [-0.3, -0.25) is 0 Å². The molecule has 0 aliphatic rings. The van der Waals surface area contributed by atoms with Gasteiger partial charge in [-0.1, -0.05) is 19.0 Å². The van der Waals surface area contributed by atoms with Gasteiger partial charge in [-0.15, -0.1) is 0 Å². The van der Waals surface area contributed by atoms with Gasteiger partial charge >= 0.3 is 0 Å². The van der Waals surface area contributed by atoms with Crippen molar-refractivity contribution in [2.24, 2.45) is 5.73 Å². The van der Waals surface area contributed by atoms with E-state index in [1.807, 2.05) is 26.0 Å². The van der Waals surface area contributed by atoms with E-state index in [1.54, 1.807) is 0 Å². The molecule has 114 valence electrons. The highest BCUT2D eigenvalue weighted by Gasteiger charge is 2.13. The van der Waals surface area contributed by atoms with Crippen LogP contribution in [0.25, 0.3) is 0 Å². The number of rotatable bonds is 6. The molecule has 0 bridgehead atoms. The molecule has 21 heavy (non-hydrogen) atoms. The van der Waals surface area contributed by atoms with E-state index in [4.69, 9.17) is 15.0 Å². The van der Waals surface area contributed by atoms with Crippen molar-refractivity contribution in [3.63, 3.8) is 0 Å². The summed E-state index contributed by atoms with van der Waals surface area (Å²) in [6, 6.07) is 4.00. The maximum Gasteiger partial charge on any atom is 0.264 e. The highest BCUT2D eigenvalue weighted by atomic mass is 79.9. The summed E-state index contributed by atoms with van der Waals surface area (Å²) < 4.78 is 12.6. The summed E-state index contributed by atoms with van der Waals surface area (Å²) in [5, 5.41) is 3.91. The lowest BCUT2D eigenvalue weighted by Crippen LogP contribution is -2.03. The first-order valence-electron chi connectivity index (χ1n) is 6.64. The number of nitrogens with two attached hydrogens (primary N) is 1. The first kappa shape index (κ1) is 16.5. The number of halogens is 2. The Hall–Kier alpha value is -0.920. The predicted molar refractivity (Wildman–Crippen MR) is 87.3 cm³/mol. The number of nitrogens with zero attached hydrogens (tertiary/aromatic N) is 2. The number of ether oxygens (including phenoxy) is 1. The van der Waals surface area contributed by atoms with Crippen LogP contribution in [0.1, 0.15) is 37.0 Å². The van der Waals surface area contributed by atoms with Crippen LogP contribution in [0.2, 0.25) is 0 Å². The van der Waals surface area contributed by atoms with Gasteiger partial charge in [-0.2, -0.15) is 4.98 Å². The zero-order chi connectivity index (χ0) is 15.4. The normalized spacial score (nSPS) is 11.1. The highest BCUT2D eigenvalue weighted by Crippen LogP contribution is 2.35. The van der Waals surface area contributed by atoms with Crippen LogP contribution >= 0.6 is 31.9 Å². The number of aromatic nitrogens is 2. The van der Waals surface area contributed by atoms with Crippen LogP contribution in [0.15, 0.2) is 25.6 Å². The van der Waals surface area contributed by atoms with Gasteiger partial charge in [0, 0.05) is 5.92 Å². The summed E-state index contributed by atoms with van der Waals surface area (Å²) in [6.45, 7) is 4.86. The van der Waals surface area contributed by atoms with Gasteiger partial charge in [0.05, 0.1) is 8.95 Å². The van der Waals surface area contributed by atoms with Crippen molar-refractivity contribution < 1.29 is 9.26 Å². The molecular weight excluding hydrogens is 402 g/mol. The largest absolute Gasteiger partial charge is 0.481 e. The molecule has 7 heteroatoms. The van der Waals surface area contributed by atoms with Crippen molar-refractivity contribution >= 4 is 31.9 Å². The maximum absolute atomic E-state index is 5.76. The Balaban J connectivity index is 2.08.